The van der Waals surface area contributed by atoms with Crippen LogP contribution in [0.15, 0.2) is 35.0 Å². The average Bonchev–Trinajstić information content (AvgIpc) is 3.45. The molecule has 3 fully saturated rings. The molecule has 3 atom stereocenters. The molecule has 1 aromatic carbocycles. The van der Waals surface area contributed by atoms with Crippen LogP contribution in [0.2, 0.25) is 10.0 Å². The Bertz CT molecular complexity index is 911. The van der Waals surface area contributed by atoms with Gasteiger partial charge in [0.25, 0.3) is 0 Å². The predicted molar refractivity (Wildman–Crippen MR) is 144 cm³/mol. The van der Waals surface area contributed by atoms with E-state index >= 15 is 0 Å². The Morgan fingerprint density at radius 1 is 1.06 bits per heavy atom. The Labute approximate surface area is 219 Å². The van der Waals surface area contributed by atoms with Gasteiger partial charge in [-0.15, -0.1) is 0 Å². The third-order valence-corrected chi connectivity index (χ3v) is 9.93. The minimum atomic E-state index is 0.497. The molecule has 0 radical (unpaired) electrons. The van der Waals surface area contributed by atoms with Crippen LogP contribution >= 0.6 is 34.5 Å². The lowest BCUT2D eigenvalue weighted by atomic mass is 9.76. The summed E-state index contributed by atoms with van der Waals surface area (Å²) in [5.41, 5.74) is 2.69. The molecule has 2 aromatic rings. The zero-order valence-electron chi connectivity index (χ0n) is 20.3. The molecule has 186 valence electrons. The number of thiophene rings is 1. The fourth-order valence-corrected chi connectivity index (χ4v) is 7.58. The summed E-state index contributed by atoms with van der Waals surface area (Å²) >= 11 is 14.4. The van der Waals surface area contributed by atoms with Gasteiger partial charge in [0.1, 0.15) is 0 Å². The van der Waals surface area contributed by atoms with Crippen molar-refractivity contribution in [2.75, 3.05) is 39.8 Å². The van der Waals surface area contributed by atoms with Crippen molar-refractivity contribution in [2.24, 2.45) is 17.8 Å². The van der Waals surface area contributed by atoms with Crippen molar-refractivity contribution in [3.63, 3.8) is 0 Å². The fraction of sp³-hybridized carbons (Fsp3) is 0.643. The molecule has 0 spiro atoms. The molecule has 2 saturated heterocycles. The van der Waals surface area contributed by atoms with E-state index in [9.17, 15) is 0 Å². The van der Waals surface area contributed by atoms with Crippen molar-refractivity contribution < 1.29 is 4.74 Å². The summed E-state index contributed by atoms with van der Waals surface area (Å²) in [5, 5.41) is 6.07. The molecule has 0 amide bonds. The van der Waals surface area contributed by atoms with Crippen molar-refractivity contribution in [3.8, 4) is 0 Å². The number of nitrogens with zero attached hydrogens (tertiary/aromatic N) is 2. The summed E-state index contributed by atoms with van der Waals surface area (Å²) in [4.78, 5) is 5.33. The number of piperidine rings is 1. The number of ether oxygens (including phenoxy) is 1. The van der Waals surface area contributed by atoms with Gasteiger partial charge in [-0.2, -0.15) is 11.3 Å². The van der Waals surface area contributed by atoms with Gasteiger partial charge < -0.3 is 9.64 Å². The molecule has 6 heteroatoms. The molecule has 0 N–H and O–H groups in total. The monoisotopic (exact) mass is 520 g/mol. The molecule has 3 heterocycles. The predicted octanol–water partition coefficient (Wildman–Crippen LogP) is 7.19. The minimum absolute atomic E-state index is 0.497. The normalized spacial score (nSPS) is 26.1. The second-order valence-electron chi connectivity index (χ2n) is 10.8. The van der Waals surface area contributed by atoms with E-state index in [1.54, 1.807) is 0 Å². The van der Waals surface area contributed by atoms with Gasteiger partial charge in [-0.3, -0.25) is 4.90 Å². The summed E-state index contributed by atoms with van der Waals surface area (Å²) in [6.07, 6.45) is 8.57. The highest BCUT2D eigenvalue weighted by Crippen LogP contribution is 2.38. The van der Waals surface area contributed by atoms with E-state index < -0.39 is 0 Å². The molecular weight excluding hydrogens is 483 g/mol. The van der Waals surface area contributed by atoms with E-state index in [-0.39, 0.29) is 0 Å². The van der Waals surface area contributed by atoms with E-state index in [2.05, 4.69) is 32.7 Å². The molecule has 34 heavy (non-hydrogen) atoms. The van der Waals surface area contributed by atoms with Gasteiger partial charge in [0.05, 0.1) is 6.10 Å². The first-order chi connectivity index (χ1) is 16.6. The standard InChI is InChI=1S/C28H38Cl2N2OS/c1-33-28(21-3-2-4-21)13-20-7-10-31(11-8-20)16-24-17-32(18-26(24)23-9-12-34-19-23)15-22-5-6-25(29)14-27(22)30/h5-6,9,12,14,19-21,24,26,28H,2-4,7-8,10-11,13,15-18H2,1H3/t24-,26+,28?/m0/s1. The number of halogens is 2. The van der Waals surface area contributed by atoms with Crippen LogP contribution in [0.3, 0.4) is 0 Å². The topological polar surface area (TPSA) is 15.7 Å². The molecule has 5 rings (SSSR count). The summed E-state index contributed by atoms with van der Waals surface area (Å²) in [6.45, 7) is 6.81. The first-order valence-electron chi connectivity index (χ1n) is 13.0. The van der Waals surface area contributed by atoms with Gasteiger partial charge in [-0.05, 0) is 103 Å². The lowest BCUT2D eigenvalue weighted by Gasteiger charge is -2.38. The third kappa shape index (κ3) is 6.02. The maximum Gasteiger partial charge on any atom is 0.0602 e. The number of likely N-dealkylation sites (tertiary alicyclic amines) is 2. The van der Waals surface area contributed by atoms with Crippen molar-refractivity contribution in [1.82, 2.24) is 9.80 Å². The molecule has 1 unspecified atom stereocenters. The van der Waals surface area contributed by atoms with Crippen LogP contribution in [-0.2, 0) is 11.3 Å². The highest BCUT2D eigenvalue weighted by Gasteiger charge is 2.36. The second kappa shape index (κ2) is 11.6. The first-order valence-corrected chi connectivity index (χ1v) is 14.7. The number of rotatable bonds is 9. The maximum atomic E-state index is 6.50. The zero-order chi connectivity index (χ0) is 23.5. The van der Waals surface area contributed by atoms with Gasteiger partial charge in [0, 0.05) is 49.3 Å². The summed E-state index contributed by atoms with van der Waals surface area (Å²) in [6, 6.07) is 8.24. The van der Waals surface area contributed by atoms with E-state index in [1.807, 2.05) is 30.6 Å². The fourth-order valence-electron chi connectivity index (χ4n) is 6.39. The Balaban J connectivity index is 1.17. The van der Waals surface area contributed by atoms with Crippen LogP contribution in [0.1, 0.15) is 55.6 Å². The van der Waals surface area contributed by atoms with E-state index in [1.165, 1.54) is 69.3 Å². The molecule has 0 bridgehead atoms. The van der Waals surface area contributed by atoms with Crippen molar-refractivity contribution in [1.29, 1.82) is 0 Å². The lowest BCUT2D eigenvalue weighted by molar-refractivity contribution is -0.00486. The highest BCUT2D eigenvalue weighted by molar-refractivity contribution is 7.08. The molecule has 1 aromatic heterocycles. The van der Waals surface area contributed by atoms with E-state index in [0.29, 0.717) is 23.0 Å². The van der Waals surface area contributed by atoms with Gasteiger partial charge in [-0.25, -0.2) is 0 Å². The SMILES string of the molecule is COC(CC1CCN(C[C@H]2CN(Cc3ccc(Cl)cc3Cl)C[C@@H]2c2ccsc2)CC1)C1CCC1. The molecular formula is C28H38Cl2N2OS. The molecule has 3 aliphatic rings. The number of hydrogen-bond acceptors (Lipinski definition) is 4. The lowest BCUT2D eigenvalue weighted by Crippen LogP contribution is -2.40. The molecule has 2 aliphatic heterocycles. The molecule has 1 saturated carbocycles. The number of hydrogen-bond donors (Lipinski definition) is 0. The zero-order valence-corrected chi connectivity index (χ0v) is 22.6. The first kappa shape index (κ1) is 25.0. The molecule has 1 aliphatic carbocycles. The Morgan fingerprint density at radius 2 is 1.88 bits per heavy atom. The van der Waals surface area contributed by atoms with Gasteiger partial charge in [0.2, 0.25) is 0 Å². The van der Waals surface area contributed by atoms with Gasteiger partial charge >= 0.3 is 0 Å². The van der Waals surface area contributed by atoms with Crippen molar-refractivity contribution in [2.45, 2.75) is 57.1 Å². The summed E-state index contributed by atoms with van der Waals surface area (Å²) < 4.78 is 5.89. The van der Waals surface area contributed by atoms with E-state index in [4.69, 9.17) is 27.9 Å². The van der Waals surface area contributed by atoms with Gasteiger partial charge in [-0.1, -0.05) is 35.7 Å². The number of benzene rings is 1. The maximum absolute atomic E-state index is 6.50. The van der Waals surface area contributed by atoms with Crippen LogP contribution in [0.4, 0.5) is 0 Å². The van der Waals surface area contributed by atoms with Crippen molar-refractivity contribution in [3.05, 3.63) is 56.2 Å². The summed E-state index contributed by atoms with van der Waals surface area (Å²) in [7, 11) is 1.92. The quantitative estimate of drug-likeness (QED) is 0.347. The third-order valence-electron chi connectivity index (χ3n) is 8.64. The largest absolute Gasteiger partial charge is 0.381 e. The Kier molecular flexibility index (Phi) is 8.56. The molecule has 3 nitrogen and oxygen atoms in total. The average molecular weight is 522 g/mol. The minimum Gasteiger partial charge on any atom is -0.381 e. The van der Waals surface area contributed by atoms with Crippen LogP contribution in [0.5, 0.6) is 0 Å². The van der Waals surface area contributed by atoms with Crippen LogP contribution in [0, 0.1) is 17.8 Å². The number of methoxy groups -OCH3 is 1. The Morgan fingerprint density at radius 3 is 2.53 bits per heavy atom. The van der Waals surface area contributed by atoms with E-state index in [0.717, 1.165) is 36.5 Å². The second-order valence-corrected chi connectivity index (χ2v) is 12.4. The van der Waals surface area contributed by atoms with Crippen molar-refractivity contribution >= 4 is 34.5 Å². The van der Waals surface area contributed by atoms with Crippen LogP contribution in [-0.4, -0.2) is 55.7 Å². The Hall–Kier alpha value is -0.620. The smallest absolute Gasteiger partial charge is 0.0602 e. The van der Waals surface area contributed by atoms with Gasteiger partial charge in [0.15, 0.2) is 0 Å². The van der Waals surface area contributed by atoms with Crippen LogP contribution in [0.25, 0.3) is 0 Å². The van der Waals surface area contributed by atoms with Crippen LogP contribution < -0.4 is 0 Å². The highest BCUT2D eigenvalue weighted by atomic mass is 35.5. The summed E-state index contributed by atoms with van der Waals surface area (Å²) in [5.74, 6) is 2.93.